The quantitative estimate of drug-likeness (QED) is 0.504. The number of imidazole rings is 2. The third-order valence-electron chi connectivity index (χ3n) is 2.39. The molecule has 7 heteroatoms. The first kappa shape index (κ1) is 10.7. The van der Waals surface area contributed by atoms with Gasteiger partial charge in [-0.05, 0) is 0 Å². The second kappa shape index (κ2) is 3.98. The monoisotopic (exact) mass is 240 g/mol. The molecule has 0 aliphatic heterocycles. The molecule has 0 saturated heterocycles. The lowest BCUT2D eigenvalue weighted by atomic mass is 10.2. The van der Waals surface area contributed by atoms with Crippen molar-refractivity contribution in [2.24, 2.45) is 14.1 Å². The van der Waals surface area contributed by atoms with E-state index >= 15 is 0 Å². The molecule has 79 valence electrons. The molecule has 2 heterocycles. The summed E-state index contributed by atoms with van der Waals surface area (Å²) in [7, 11) is 4.66. The molecular formula is C8H13BN4S2+. The predicted molar refractivity (Wildman–Crippen MR) is 63.7 cm³/mol. The molecule has 2 rings (SSSR count). The van der Waals surface area contributed by atoms with Gasteiger partial charge in [0.15, 0.2) is 0 Å². The van der Waals surface area contributed by atoms with Gasteiger partial charge in [-0.3, -0.25) is 0 Å². The van der Waals surface area contributed by atoms with E-state index in [1.165, 1.54) is 0 Å². The normalized spacial score (nSPS) is 10.9. The summed E-state index contributed by atoms with van der Waals surface area (Å²) in [5, 5.41) is 1.83. The Hall–Kier alpha value is -0.815. The zero-order valence-corrected chi connectivity index (χ0v) is 10.5. The van der Waals surface area contributed by atoms with E-state index < -0.39 is 0 Å². The van der Waals surface area contributed by atoms with Crippen LogP contribution in [0.5, 0.6) is 0 Å². The van der Waals surface area contributed by atoms with Crippen molar-refractivity contribution in [2.45, 2.75) is 10.3 Å². The fourth-order valence-electron chi connectivity index (χ4n) is 1.42. The molecule has 0 aliphatic rings. The van der Waals surface area contributed by atoms with Crippen LogP contribution in [0.25, 0.3) is 0 Å². The van der Waals surface area contributed by atoms with Crippen molar-refractivity contribution in [1.29, 1.82) is 0 Å². The molecule has 0 fully saturated rings. The second-order valence-corrected chi connectivity index (χ2v) is 4.30. The van der Waals surface area contributed by atoms with Crippen LogP contribution < -0.4 is 8.96 Å². The maximum atomic E-state index is 4.41. The molecule has 2 aromatic rings. The van der Waals surface area contributed by atoms with Gasteiger partial charge in [0.2, 0.25) is 0 Å². The molecule has 1 radical (unpaired) electrons. The van der Waals surface area contributed by atoms with E-state index in [2.05, 4.69) is 25.3 Å². The van der Waals surface area contributed by atoms with Gasteiger partial charge in [0, 0.05) is 0 Å². The molecule has 0 unspecified atom stereocenters. The molecule has 4 nitrogen and oxygen atoms in total. The van der Waals surface area contributed by atoms with Gasteiger partial charge in [-0.2, -0.15) is 0 Å². The zero-order valence-electron chi connectivity index (χ0n) is 8.70. The number of hydrogen-bond donors (Lipinski definition) is 2. The van der Waals surface area contributed by atoms with Crippen molar-refractivity contribution in [3.63, 3.8) is 0 Å². The van der Waals surface area contributed by atoms with Crippen LogP contribution in [0.15, 0.2) is 35.1 Å². The minimum Gasteiger partial charge on any atom is -0.406 e. The lowest BCUT2D eigenvalue weighted by Crippen LogP contribution is -2.59. The number of hydrogen-bond acceptors (Lipinski definition) is 2. The van der Waals surface area contributed by atoms with E-state index in [0.717, 1.165) is 17.9 Å². The highest BCUT2D eigenvalue weighted by Gasteiger charge is 2.10. The molecule has 0 spiro atoms. The van der Waals surface area contributed by atoms with Gasteiger partial charge in [-0.1, -0.05) is 25.3 Å². The minimum atomic E-state index is 0.722. The van der Waals surface area contributed by atoms with E-state index in [-0.39, 0.29) is 0 Å². The summed E-state index contributed by atoms with van der Waals surface area (Å²) in [5.41, 5.74) is 0. The number of rotatable bonds is 2. The minimum absolute atomic E-state index is 0.722. The predicted octanol–water partition coefficient (Wildman–Crippen LogP) is -0.821. The standard InChI is InChI=1S/C8H11BN4S2/c1-10-3-5-12(7(10)14)9-13-6-4-11(2)8(13)15/h3-6,9H,1-2H3/q-1/p+2. The van der Waals surface area contributed by atoms with Gasteiger partial charge in [0.1, 0.15) is 12.4 Å². The molecule has 0 aliphatic carbocycles. The number of nitrogens with zero attached hydrogens (tertiary/aromatic N) is 4. The van der Waals surface area contributed by atoms with Gasteiger partial charge in [0.25, 0.3) is 10.3 Å². The Kier molecular flexibility index (Phi) is 2.84. The Morgan fingerprint density at radius 2 is 1.40 bits per heavy atom. The summed E-state index contributed by atoms with van der Waals surface area (Å²) in [5.74, 6) is 0. The fraction of sp³-hybridized carbons (Fsp3) is 0.250. The highest BCUT2D eigenvalue weighted by Crippen LogP contribution is 1.97. The van der Waals surface area contributed by atoms with Crippen molar-refractivity contribution in [1.82, 2.24) is 9.13 Å². The van der Waals surface area contributed by atoms with Crippen LogP contribution in [0.3, 0.4) is 0 Å². The third-order valence-corrected chi connectivity index (χ3v) is 3.53. The van der Waals surface area contributed by atoms with Crippen LogP contribution in [0, 0.1) is 0 Å². The van der Waals surface area contributed by atoms with E-state index in [4.69, 9.17) is 0 Å². The number of thiol groups is 2. The van der Waals surface area contributed by atoms with Crippen molar-refractivity contribution in [2.75, 3.05) is 0 Å². The van der Waals surface area contributed by atoms with E-state index in [1.807, 2.05) is 57.0 Å². The zero-order chi connectivity index (χ0) is 11.0. The SMILES string of the molecule is Cn1cc[n+]([BH-][n+]2ccn(C)c2S)c1S. The van der Waals surface area contributed by atoms with Crippen molar-refractivity contribution >= 4 is 32.8 Å². The first-order valence-electron chi connectivity index (χ1n) is 4.57. The Morgan fingerprint density at radius 3 is 1.67 bits per heavy atom. The van der Waals surface area contributed by atoms with E-state index in [0.29, 0.717) is 0 Å². The van der Waals surface area contributed by atoms with Crippen LogP contribution in [0.2, 0.25) is 0 Å². The maximum absolute atomic E-state index is 4.41. The molecule has 0 atom stereocenters. The van der Waals surface area contributed by atoms with E-state index in [9.17, 15) is 0 Å². The van der Waals surface area contributed by atoms with Gasteiger partial charge in [-0.15, -0.1) is 0 Å². The van der Waals surface area contributed by atoms with Crippen molar-refractivity contribution in [3.8, 4) is 0 Å². The van der Waals surface area contributed by atoms with Crippen LogP contribution >= 0.6 is 25.3 Å². The molecule has 0 saturated carbocycles. The average molecular weight is 240 g/mol. The van der Waals surface area contributed by atoms with Crippen molar-refractivity contribution in [3.05, 3.63) is 24.8 Å². The third kappa shape index (κ3) is 1.94. The molecule has 15 heavy (non-hydrogen) atoms. The van der Waals surface area contributed by atoms with Crippen LogP contribution in [-0.4, -0.2) is 16.7 Å². The Labute approximate surface area is 100 Å². The molecular weight excluding hydrogens is 227 g/mol. The highest BCUT2D eigenvalue weighted by molar-refractivity contribution is 7.80. The average Bonchev–Trinajstić information content (AvgIpc) is 2.68. The Bertz CT molecular complexity index is 447. The number of aryl methyl sites for hydroxylation is 2. The Balaban J connectivity index is 2.29. The van der Waals surface area contributed by atoms with Crippen LogP contribution in [-0.2, 0) is 14.1 Å². The van der Waals surface area contributed by atoms with Crippen LogP contribution in [0.1, 0.15) is 0 Å². The molecule has 0 aromatic carbocycles. The summed E-state index contributed by atoms with van der Waals surface area (Å²) in [4.78, 5) is 0. The molecule has 0 N–H and O–H groups in total. The first-order valence-corrected chi connectivity index (χ1v) is 5.46. The fourth-order valence-corrected chi connectivity index (χ4v) is 1.81. The molecule has 2 aromatic heterocycles. The highest BCUT2D eigenvalue weighted by atomic mass is 32.1. The second-order valence-electron chi connectivity index (χ2n) is 3.50. The van der Waals surface area contributed by atoms with E-state index in [1.54, 1.807) is 0 Å². The molecule has 0 bridgehead atoms. The maximum Gasteiger partial charge on any atom is 0.316 e. The summed E-state index contributed by atoms with van der Waals surface area (Å²) in [6.07, 6.45) is 7.94. The topological polar surface area (TPSA) is 17.6 Å². The summed E-state index contributed by atoms with van der Waals surface area (Å²) >= 11 is 8.83. The van der Waals surface area contributed by atoms with Gasteiger partial charge >= 0.3 is 7.55 Å². The largest absolute Gasteiger partial charge is 0.406 e. The van der Waals surface area contributed by atoms with Crippen LogP contribution in [0.4, 0.5) is 0 Å². The lowest BCUT2D eigenvalue weighted by Gasteiger charge is -2.06. The van der Waals surface area contributed by atoms with Gasteiger partial charge in [-0.25, -0.2) is 9.13 Å². The van der Waals surface area contributed by atoms with Gasteiger partial charge in [0.05, 0.1) is 26.5 Å². The summed E-state index contributed by atoms with van der Waals surface area (Å²) < 4.78 is 8.02. The number of aromatic nitrogens is 4. The first-order chi connectivity index (χ1) is 7.09. The van der Waals surface area contributed by atoms with Gasteiger partial charge < -0.3 is 8.96 Å². The Morgan fingerprint density at radius 1 is 1.00 bits per heavy atom. The lowest BCUT2D eigenvalue weighted by molar-refractivity contribution is -0.699. The smallest absolute Gasteiger partial charge is 0.316 e. The van der Waals surface area contributed by atoms with Crippen molar-refractivity contribution < 1.29 is 8.96 Å². The summed E-state index contributed by atoms with van der Waals surface area (Å²) in [6.45, 7) is 0. The summed E-state index contributed by atoms with van der Waals surface area (Å²) in [6, 6.07) is 0. The molecule has 0 amide bonds.